The van der Waals surface area contributed by atoms with E-state index >= 15 is 0 Å². The van der Waals surface area contributed by atoms with Gasteiger partial charge in [-0.1, -0.05) is 18.2 Å². The number of esters is 1. The van der Waals surface area contributed by atoms with Crippen LogP contribution in [0.4, 0.5) is 5.95 Å². The molecule has 0 aliphatic carbocycles. The molecule has 1 aliphatic heterocycles. The normalized spacial score (nSPS) is 25.0. The van der Waals surface area contributed by atoms with Crippen molar-refractivity contribution in [2.24, 2.45) is 7.05 Å². The summed E-state index contributed by atoms with van der Waals surface area (Å²) in [6.45, 7) is -0.574. The van der Waals surface area contributed by atoms with Gasteiger partial charge in [-0.3, -0.25) is 18.5 Å². The predicted molar refractivity (Wildman–Crippen MR) is 117 cm³/mol. The first-order valence-electron chi connectivity index (χ1n) is 10.1. The quantitative estimate of drug-likeness (QED) is 0.191. The van der Waals surface area contributed by atoms with Gasteiger partial charge in [0.15, 0.2) is 17.4 Å². The number of anilines is 1. The molecule has 3 heterocycles. The summed E-state index contributed by atoms with van der Waals surface area (Å²) >= 11 is 0. The number of nitrogens with two attached hydrogens (primary N) is 1. The monoisotopic (exact) mass is 511 g/mol. The molecule has 0 amide bonds. The summed E-state index contributed by atoms with van der Waals surface area (Å²) in [7, 11) is -3.84. The van der Waals surface area contributed by atoms with Crippen molar-refractivity contribution >= 4 is 30.9 Å². The molecular weight excluding hydrogens is 489 g/mol. The molecule has 15 nitrogen and oxygen atoms in total. The zero-order valence-electron chi connectivity index (χ0n) is 18.1. The number of carbonyl (C=O) groups is 1. The van der Waals surface area contributed by atoms with Crippen LogP contribution < -0.4 is 11.3 Å². The van der Waals surface area contributed by atoms with Crippen LogP contribution in [0.2, 0.25) is 0 Å². The minimum absolute atomic E-state index is 0.0768. The summed E-state index contributed by atoms with van der Waals surface area (Å²) in [4.78, 5) is 51.7. The maximum Gasteiger partial charge on any atom is 0.470 e. The third-order valence-corrected chi connectivity index (χ3v) is 5.95. The lowest BCUT2D eigenvalue weighted by Crippen LogP contribution is -2.57. The van der Waals surface area contributed by atoms with E-state index in [0.717, 1.165) is 15.5 Å². The highest BCUT2D eigenvalue weighted by atomic mass is 31.2. The number of nitrogens with zero attached hydrogens (tertiary/aromatic N) is 4. The predicted octanol–water partition coefficient (Wildman–Crippen LogP) is -1.33. The Kier molecular flexibility index (Phi) is 6.75. The summed E-state index contributed by atoms with van der Waals surface area (Å²) < 4.78 is 29.2. The minimum atomic E-state index is -5.20. The van der Waals surface area contributed by atoms with Crippen LogP contribution in [0.25, 0.3) is 11.2 Å². The number of carbonyl (C=O) groups excluding carboxylic acids is 1. The van der Waals surface area contributed by atoms with Gasteiger partial charge in [0, 0.05) is 7.05 Å². The maximum absolute atomic E-state index is 12.8. The lowest BCUT2D eigenvalue weighted by molar-refractivity contribution is -0.246. The van der Waals surface area contributed by atoms with Crippen molar-refractivity contribution in [1.82, 2.24) is 19.1 Å². The largest absolute Gasteiger partial charge is 0.470 e. The number of hydrogen-bond acceptors (Lipinski definition) is 11. The van der Waals surface area contributed by atoms with Crippen LogP contribution >= 0.6 is 7.82 Å². The average molecular weight is 511 g/mol. The molecule has 35 heavy (non-hydrogen) atoms. The number of rotatable bonds is 6. The number of nitrogen functional groups attached to an aromatic ring is 1. The van der Waals surface area contributed by atoms with Crippen LogP contribution in [0.15, 0.2) is 41.5 Å². The zero-order chi connectivity index (χ0) is 25.5. The molecule has 1 aliphatic rings. The van der Waals surface area contributed by atoms with Gasteiger partial charge in [-0.05, 0) is 12.1 Å². The van der Waals surface area contributed by atoms with Crippen molar-refractivity contribution in [3.05, 3.63) is 52.6 Å². The van der Waals surface area contributed by atoms with Crippen LogP contribution in [0.3, 0.4) is 0 Å². The first-order valence-corrected chi connectivity index (χ1v) is 11.7. The number of aliphatic hydroxyl groups excluding tert-OH is 2. The number of phosphoric ester groups is 1. The maximum atomic E-state index is 12.8. The molecule has 16 heteroatoms. The van der Waals surface area contributed by atoms with E-state index in [0.29, 0.717) is 0 Å². The van der Waals surface area contributed by atoms with Crippen LogP contribution in [0.5, 0.6) is 0 Å². The Labute approximate surface area is 196 Å². The Hall–Kier alpha value is -3.17. The van der Waals surface area contributed by atoms with Gasteiger partial charge >= 0.3 is 13.8 Å². The van der Waals surface area contributed by atoms with Gasteiger partial charge in [-0.2, -0.15) is 4.98 Å². The average Bonchev–Trinajstić information content (AvgIpc) is 3.23. The van der Waals surface area contributed by atoms with Gasteiger partial charge in [0.05, 0.1) is 5.56 Å². The lowest BCUT2D eigenvalue weighted by Gasteiger charge is -2.42. The third-order valence-electron chi connectivity index (χ3n) is 5.43. The number of phosphoric acid groups is 1. The SMILES string of the molecule is Cn1c(N)nc2ncn([C@@H]3O[C@H](COC(=O)c4ccccc4)[C@@H](O)[C@H](OP(=O)(O)O)[C@H]3O)c2c1=O. The molecule has 0 saturated carbocycles. The van der Waals surface area contributed by atoms with Crippen molar-refractivity contribution in [3.8, 4) is 0 Å². The Bertz CT molecular complexity index is 1340. The molecular formula is C19H22N5O10P. The Morgan fingerprint density at radius 3 is 2.57 bits per heavy atom. The van der Waals surface area contributed by atoms with E-state index in [1.54, 1.807) is 18.2 Å². The molecule has 6 N–H and O–H groups in total. The van der Waals surface area contributed by atoms with E-state index in [1.807, 2.05) is 0 Å². The Morgan fingerprint density at radius 1 is 1.23 bits per heavy atom. The first-order chi connectivity index (χ1) is 16.5. The summed E-state index contributed by atoms with van der Waals surface area (Å²) in [6.07, 6.45) is -7.47. The molecule has 0 radical (unpaired) electrons. The Balaban J connectivity index is 1.68. The molecule has 1 fully saturated rings. The van der Waals surface area contributed by atoms with Gasteiger partial charge in [0.25, 0.3) is 5.56 Å². The summed E-state index contributed by atoms with van der Waals surface area (Å²) in [6, 6.07) is 7.93. The van der Waals surface area contributed by atoms with Crippen molar-refractivity contribution in [3.63, 3.8) is 0 Å². The van der Waals surface area contributed by atoms with Gasteiger partial charge in [0.2, 0.25) is 5.95 Å². The van der Waals surface area contributed by atoms with E-state index < -0.39 is 56.6 Å². The van der Waals surface area contributed by atoms with E-state index in [1.165, 1.54) is 19.2 Å². The topological polar surface area (TPSA) is 221 Å². The van der Waals surface area contributed by atoms with Gasteiger partial charge in [0.1, 0.15) is 37.4 Å². The smallest absolute Gasteiger partial charge is 0.459 e. The molecule has 1 aromatic carbocycles. The van der Waals surface area contributed by atoms with E-state index in [9.17, 15) is 34.2 Å². The zero-order valence-corrected chi connectivity index (χ0v) is 19.0. The number of hydrogen-bond donors (Lipinski definition) is 5. The van der Waals surface area contributed by atoms with E-state index in [2.05, 4.69) is 14.5 Å². The number of ether oxygens (including phenoxy) is 2. The Morgan fingerprint density at radius 2 is 1.91 bits per heavy atom. The van der Waals surface area contributed by atoms with Crippen LogP contribution in [-0.4, -0.2) is 76.1 Å². The van der Waals surface area contributed by atoms with Crippen molar-refractivity contribution < 1.29 is 43.4 Å². The van der Waals surface area contributed by atoms with Crippen molar-refractivity contribution in [2.45, 2.75) is 30.6 Å². The summed E-state index contributed by atoms with van der Waals surface area (Å²) in [5.41, 5.74) is 5.03. The fraction of sp³-hybridized carbons (Fsp3) is 0.368. The second-order valence-corrected chi connectivity index (χ2v) is 8.92. The standard InChI is InChI=1S/C19H22N5O10P/c1-23-16(27)11-15(22-19(23)20)21-8-24(11)17-13(26)14(34-35(29,30)31)12(25)10(33-17)7-32-18(28)9-5-3-2-4-6-9/h2-6,8,10,12-14,17,25-26H,7H2,1H3,(H2,20,22)(H2,29,30,31)/t10-,12-,13-,14+,17-/m1/s1. The number of aliphatic hydroxyl groups is 2. The second kappa shape index (κ2) is 9.47. The van der Waals surface area contributed by atoms with Crippen molar-refractivity contribution in [1.29, 1.82) is 0 Å². The highest BCUT2D eigenvalue weighted by Crippen LogP contribution is 2.43. The fourth-order valence-electron chi connectivity index (χ4n) is 3.66. The summed E-state index contributed by atoms with van der Waals surface area (Å²) in [5, 5.41) is 21.5. The van der Waals surface area contributed by atoms with E-state index in [-0.39, 0.29) is 22.7 Å². The molecule has 2 aromatic heterocycles. The highest BCUT2D eigenvalue weighted by Gasteiger charge is 2.49. The summed E-state index contributed by atoms with van der Waals surface area (Å²) in [5.74, 6) is -0.875. The number of aromatic nitrogens is 4. The highest BCUT2D eigenvalue weighted by molar-refractivity contribution is 7.46. The van der Waals surface area contributed by atoms with Gasteiger partial charge < -0.3 is 35.2 Å². The number of benzene rings is 1. The van der Waals surface area contributed by atoms with Crippen molar-refractivity contribution in [2.75, 3.05) is 12.3 Å². The van der Waals surface area contributed by atoms with E-state index in [4.69, 9.17) is 15.2 Å². The van der Waals surface area contributed by atoms with Crippen LogP contribution in [0, 0.1) is 0 Å². The molecule has 3 aromatic rings. The van der Waals surface area contributed by atoms with Crippen LogP contribution in [0.1, 0.15) is 16.6 Å². The second-order valence-electron chi connectivity index (χ2n) is 7.73. The fourth-order valence-corrected chi connectivity index (χ4v) is 4.23. The molecule has 188 valence electrons. The lowest BCUT2D eigenvalue weighted by atomic mass is 9.98. The van der Waals surface area contributed by atoms with Gasteiger partial charge in [-0.15, -0.1) is 0 Å². The number of fused-ring (bicyclic) bond motifs is 1. The molecule has 4 rings (SSSR count). The molecule has 1 saturated heterocycles. The molecule has 5 atom stereocenters. The minimum Gasteiger partial charge on any atom is -0.459 e. The van der Waals surface area contributed by atoms with Gasteiger partial charge in [-0.25, -0.2) is 14.3 Å². The molecule has 0 bridgehead atoms. The molecule has 0 unspecified atom stereocenters. The number of imidazole rings is 1. The molecule has 0 spiro atoms. The van der Waals surface area contributed by atoms with Crippen LogP contribution in [-0.2, 0) is 25.6 Å². The first kappa shape index (κ1) is 24.9. The third kappa shape index (κ3) is 4.97.